The molecule has 38 heavy (non-hydrogen) atoms. The molecule has 0 aliphatic rings. The molecule has 0 saturated heterocycles. The van der Waals surface area contributed by atoms with Gasteiger partial charge in [0.1, 0.15) is 28.9 Å². The molecule has 0 spiro atoms. The number of carboxylic acids is 1. The number of carbonyl (C=O) groups is 2. The monoisotopic (exact) mass is 563 g/mol. The molecule has 3 aromatic rings. The summed E-state index contributed by atoms with van der Waals surface area (Å²) in [6.45, 7) is 7.16. The first kappa shape index (κ1) is 29.2. The third-order valence-electron chi connectivity index (χ3n) is 5.53. The van der Waals surface area contributed by atoms with Gasteiger partial charge >= 0.3 is 12.1 Å². The van der Waals surface area contributed by atoms with Crippen LogP contribution in [-0.4, -0.2) is 51.9 Å². The van der Waals surface area contributed by atoms with Gasteiger partial charge in [-0.15, -0.1) is 11.3 Å². The standard InChI is InChI=1S/C27H31ClFN3O5S/c1-17(24(33)34)31(26(35)37-27(2,3)4)13-6-14-32-22(18-7-10-20(29)11-8-18)16-38-25(32)30-21-12-9-19(28)15-23(21)36-5/h7-12,15-17H,6,13-14H2,1-5H3,(H,33,34)/t17-/m0/s1. The Morgan fingerprint density at radius 3 is 2.50 bits per heavy atom. The third kappa shape index (κ3) is 7.58. The van der Waals surface area contributed by atoms with Crippen LogP contribution in [-0.2, 0) is 16.1 Å². The molecule has 0 bridgehead atoms. The predicted octanol–water partition coefficient (Wildman–Crippen LogP) is 6.35. The first-order valence-electron chi connectivity index (χ1n) is 11.9. The number of hydrogen-bond donors (Lipinski definition) is 1. The highest BCUT2D eigenvalue weighted by atomic mass is 35.5. The van der Waals surface area contributed by atoms with E-state index in [-0.39, 0.29) is 12.4 Å². The highest BCUT2D eigenvalue weighted by Crippen LogP contribution is 2.30. The average Bonchev–Trinajstić information content (AvgIpc) is 3.23. The molecule has 11 heteroatoms. The van der Waals surface area contributed by atoms with Crippen LogP contribution in [0.3, 0.4) is 0 Å². The molecule has 1 aromatic heterocycles. The minimum absolute atomic E-state index is 0.137. The lowest BCUT2D eigenvalue weighted by atomic mass is 10.1. The van der Waals surface area contributed by atoms with Gasteiger partial charge in [-0.1, -0.05) is 11.6 Å². The van der Waals surface area contributed by atoms with E-state index in [1.807, 2.05) is 9.95 Å². The Morgan fingerprint density at radius 1 is 1.21 bits per heavy atom. The summed E-state index contributed by atoms with van der Waals surface area (Å²) >= 11 is 7.49. The lowest BCUT2D eigenvalue weighted by Crippen LogP contribution is -2.46. The number of ether oxygens (including phenoxy) is 2. The van der Waals surface area contributed by atoms with Crippen LogP contribution in [0.15, 0.2) is 52.8 Å². The van der Waals surface area contributed by atoms with Gasteiger partial charge in [0, 0.05) is 29.6 Å². The zero-order valence-corrected chi connectivity index (χ0v) is 23.5. The zero-order valence-electron chi connectivity index (χ0n) is 21.9. The van der Waals surface area contributed by atoms with Crippen LogP contribution >= 0.6 is 22.9 Å². The summed E-state index contributed by atoms with van der Waals surface area (Å²) in [6, 6.07) is 10.2. The largest absolute Gasteiger partial charge is 0.494 e. The number of aromatic nitrogens is 1. The zero-order chi connectivity index (χ0) is 28.0. The normalized spacial score (nSPS) is 12.8. The van der Waals surface area contributed by atoms with Crippen LogP contribution in [0.2, 0.25) is 5.02 Å². The number of hydrogen-bond acceptors (Lipinski definition) is 6. The van der Waals surface area contributed by atoms with E-state index in [9.17, 15) is 19.1 Å². The quantitative estimate of drug-likeness (QED) is 0.327. The van der Waals surface area contributed by atoms with E-state index < -0.39 is 23.7 Å². The van der Waals surface area contributed by atoms with Gasteiger partial charge in [0.15, 0.2) is 4.80 Å². The van der Waals surface area contributed by atoms with Crippen molar-refractivity contribution < 1.29 is 28.6 Å². The number of carbonyl (C=O) groups excluding carboxylic acids is 1. The molecule has 0 unspecified atom stereocenters. The first-order chi connectivity index (χ1) is 17.9. The Morgan fingerprint density at radius 2 is 1.89 bits per heavy atom. The fourth-order valence-corrected chi connectivity index (χ4v) is 4.74. The van der Waals surface area contributed by atoms with Gasteiger partial charge in [-0.25, -0.2) is 19.0 Å². The Hall–Kier alpha value is -3.37. The van der Waals surface area contributed by atoms with Gasteiger partial charge in [-0.05, 0) is 76.1 Å². The van der Waals surface area contributed by atoms with Gasteiger partial charge in [0.2, 0.25) is 0 Å². The summed E-state index contributed by atoms with van der Waals surface area (Å²) in [4.78, 5) is 31.1. The van der Waals surface area contributed by atoms with E-state index in [4.69, 9.17) is 26.1 Å². The summed E-state index contributed by atoms with van der Waals surface area (Å²) < 4.78 is 26.4. The lowest BCUT2D eigenvalue weighted by Gasteiger charge is -2.30. The number of carboxylic acid groups (broad SMARTS) is 1. The van der Waals surface area contributed by atoms with Crippen molar-refractivity contribution in [2.75, 3.05) is 13.7 Å². The van der Waals surface area contributed by atoms with Crippen molar-refractivity contribution in [3.05, 3.63) is 63.5 Å². The summed E-state index contributed by atoms with van der Waals surface area (Å²) in [6.07, 6.45) is -0.288. The van der Waals surface area contributed by atoms with Crippen LogP contribution in [0, 0.1) is 5.82 Å². The molecule has 0 aliphatic heterocycles. The SMILES string of the molecule is COc1cc(Cl)ccc1N=c1scc(-c2ccc(F)cc2)n1CCCN(C(=O)OC(C)(C)C)[C@@H](C)C(=O)O. The van der Waals surface area contributed by atoms with Crippen molar-refractivity contribution in [3.8, 4) is 17.0 Å². The molecule has 1 amide bonds. The maximum Gasteiger partial charge on any atom is 0.411 e. The minimum Gasteiger partial charge on any atom is -0.494 e. The summed E-state index contributed by atoms with van der Waals surface area (Å²) in [7, 11) is 1.53. The van der Waals surface area contributed by atoms with Crippen LogP contribution in [0.25, 0.3) is 11.3 Å². The third-order valence-corrected chi connectivity index (χ3v) is 6.63. The van der Waals surface area contributed by atoms with Crippen molar-refractivity contribution in [2.24, 2.45) is 4.99 Å². The molecule has 0 saturated carbocycles. The number of amides is 1. The maximum atomic E-state index is 13.6. The van der Waals surface area contributed by atoms with Crippen molar-refractivity contribution in [2.45, 2.75) is 52.3 Å². The van der Waals surface area contributed by atoms with Crippen LogP contribution in [0.4, 0.5) is 14.9 Å². The Balaban J connectivity index is 1.97. The number of halogens is 2. The van der Waals surface area contributed by atoms with Gasteiger partial charge < -0.3 is 19.1 Å². The summed E-state index contributed by atoms with van der Waals surface area (Å²) in [5.41, 5.74) is 1.40. The van der Waals surface area contributed by atoms with Crippen molar-refractivity contribution in [1.29, 1.82) is 0 Å². The minimum atomic E-state index is -1.13. The van der Waals surface area contributed by atoms with Crippen LogP contribution in [0.1, 0.15) is 34.1 Å². The molecule has 2 aromatic carbocycles. The molecule has 3 rings (SSSR count). The Labute approximate surface area is 229 Å². The van der Waals surface area contributed by atoms with Crippen LogP contribution in [0.5, 0.6) is 5.75 Å². The van der Waals surface area contributed by atoms with Gasteiger partial charge in [-0.2, -0.15) is 0 Å². The molecule has 0 fully saturated rings. The number of benzene rings is 2. The molecule has 0 radical (unpaired) electrons. The number of aliphatic carboxylic acids is 1. The molecule has 8 nitrogen and oxygen atoms in total. The topological polar surface area (TPSA) is 93.4 Å². The first-order valence-corrected chi connectivity index (χ1v) is 13.2. The van der Waals surface area contributed by atoms with E-state index in [2.05, 4.69) is 0 Å². The van der Waals surface area contributed by atoms with Gasteiger partial charge in [0.05, 0.1) is 12.8 Å². The van der Waals surface area contributed by atoms with E-state index in [1.165, 1.54) is 42.4 Å². The lowest BCUT2D eigenvalue weighted by molar-refractivity contribution is -0.142. The molecular formula is C27H31ClFN3O5S. The molecule has 1 atom stereocenters. The van der Waals surface area contributed by atoms with Gasteiger partial charge in [-0.3, -0.25) is 4.90 Å². The molecular weight excluding hydrogens is 533 g/mol. The summed E-state index contributed by atoms with van der Waals surface area (Å²) in [5, 5.41) is 12.0. The second-order valence-electron chi connectivity index (χ2n) is 9.53. The Bertz CT molecular complexity index is 1350. The van der Waals surface area contributed by atoms with E-state index >= 15 is 0 Å². The number of rotatable bonds is 9. The van der Waals surface area contributed by atoms with Gasteiger partial charge in [0.25, 0.3) is 0 Å². The van der Waals surface area contributed by atoms with E-state index in [0.29, 0.717) is 34.2 Å². The highest BCUT2D eigenvalue weighted by Gasteiger charge is 2.29. The fraction of sp³-hybridized carbons (Fsp3) is 0.370. The van der Waals surface area contributed by atoms with E-state index in [1.54, 1.807) is 51.1 Å². The van der Waals surface area contributed by atoms with Crippen molar-refractivity contribution >= 4 is 40.7 Å². The number of thiazole rings is 1. The second kappa shape index (κ2) is 12.4. The number of methoxy groups -OCH3 is 1. The smallest absolute Gasteiger partial charge is 0.411 e. The van der Waals surface area contributed by atoms with Crippen molar-refractivity contribution in [1.82, 2.24) is 9.47 Å². The van der Waals surface area contributed by atoms with E-state index in [0.717, 1.165) is 11.3 Å². The molecule has 0 aliphatic carbocycles. The summed E-state index contributed by atoms with van der Waals surface area (Å²) in [5.74, 6) is -0.967. The maximum absolute atomic E-state index is 13.6. The molecule has 204 valence electrons. The molecule has 1 heterocycles. The molecule has 1 N–H and O–H groups in total. The number of nitrogens with zero attached hydrogens (tertiary/aromatic N) is 3. The fourth-order valence-electron chi connectivity index (χ4n) is 3.63. The Kier molecular flexibility index (Phi) is 9.56. The predicted molar refractivity (Wildman–Crippen MR) is 146 cm³/mol. The second-order valence-corrected chi connectivity index (χ2v) is 10.8. The average molecular weight is 564 g/mol. The van der Waals surface area contributed by atoms with Crippen LogP contribution < -0.4 is 9.54 Å². The van der Waals surface area contributed by atoms with Crippen molar-refractivity contribution in [3.63, 3.8) is 0 Å². The highest BCUT2D eigenvalue weighted by molar-refractivity contribution is 7.07.